The lowest BCUT2D eigenvalue weighted by Gasteiger charge is -2.40. The first-order valence-corrected chi connectivity index (χ1v) is 9.67. The minimum Gasteiger partial charge on any atom is -0.496 e. The van der Waals surface area contributed by atoms with Crippen molar-refractivity contribution >= 4 is 11.9 Å². The van der Waals surface area contributed by atoms with Gasteiger partial charge in [-0.15, -0.1) is 0 Å². The van der Waals surface area contributed by atoms with Crippen LogP contribution in [0.15, 0.2) is 75.5 Å². The quantitative estimate of drug-likeness (QED) is 0.580. The van der Waals surface area contributed by atoms with Crippen LogP contribution < -0.4 is 21.5 Å². The highest BCUT2D eigenvalue weighted by molar-refractivity contribution is 5.96. The standard InChI is InChI=1S/C22H24N6O2/c1-3-17(14-7-5-4-6-8-14)22(27-20(23)26-21(24)28-22)15-9-10-16(18(11-15)29-2)19-12-25-13-30-19/h4-13,17H,3H2,1-2H3,(H5,23,24,26,27,28). The molecule has 0 saturated carbocycles. The minimum absolute atomic E-state index is 0.0628. The number of rotatable bonds is 6. The van der Waals surface area contributed by atoms with Gasteiger partial charge in [0, 0.05) is 11.5 Å². The molecular weight excluding hydrogens is 380 g/mol. The van der Waals surface area contributed by atoms with E-state index < -0.39 is 5.66 Å². The molecule has 2 atom stereocenters. The van der Waals surface area contributed by atoms with E-state index in [0.29, 0.717) is 11.5 Å². The maximum atomic E-state index is 6.11. The van der Waals surface area contributed by atoms with Crippen LogP contribution in [0.2, 0.25) is 0 Å². The predicted octanol–water partition coefficient (Wildman–Crippen LogP) is 2.93. The molecule has 0 radical (unpaired) electrons. The van der Waals surface area contributed by atoms with Crippen LogP contribution in [-0.2, 0) is 5.66 Å². The first-order valence-electron chi connectivity index (χ1n) is 9.67. The summed E-state index contributed by atoms with van der Waals surface area (Å²) in [5.41, 5.74) is 14.0. The maximum absolute atomic E-state index is 6.11. The summed E-state index contributed by atoms with van der Waals surface area (Å²) in [5.74, 6) is 1.52. The lowest BCUT2D eigenvalue weighted by Crippen LogP contribution is -2.55. The van der Waals surface area contributed by atoms with Crippen LogP contribution in [0.4, 0.5) is 0 Å². The number of benzene rings is 2. The van der Waals surface area contributed by atoms with Crippen molar-refractivity contribution < 1.29 is 9.15 Å². The third-order valence-electron chi connectivity index (χ3n) is 5.30. The van der Waals surface area contributed by atoms with E-state index in [0.717, 1.165) is 23.1 Å². The molecule has 1 aromatic heterocycles. The maximum Gasteiger partial charge on any atom is 0.221 e. The zero-order valence-corrected chi connectivity index (χ0v) is 16.9. The van der Waals surface area contributed by atoms with Crippen LogP contribution in [0.3, 0.4) is 0 Å². The van der Waals surface area contributed by atoms with Gasteiger partial charge in [-0.05, 0) is 24.1 Å². The number of oxazole rings is 1. The molecule has 0 bridgehead atoms. The summed E-state index contributed by atoms with van der Waals surface area (Å²) >= 11 is 0. The van der Waals surface area contributed by atoms with Crippen LogP contribution in [0.25, 0.3) is 11.3 Å². The van der Waals surface area contributed by atoms with E-state index in [1.54, 1.807) is 13.3 Å². The van der Waals surface area contributed by atoms with Crippen molar-refractivity contribution in [3.8, 4) is 17.1 Å². The molecule has 3 aromatic rings. The van der Waals surface area contributed by atoms with Gasteiger partial charge in [0.05, 0.1) is 18.9 Å². The summed E-state index contributed by atoms with van der Waals surface area (Å²) in [6, 6.07) is 16.0. The average molecular weight is 404 g/mol. The van der Waals surface area contributed by atoms with E-state index in [4.69, 9.17) is 25.6 Å². The third-order valence-corrected chi connectivity index (χ3v) is 5.30. The smallest absolute Gasteiger partial charge is 0.221 e. The van der Waals surface area contributed by atoms with E-state index >= 15 is 0 Å². The number of hydrogen-bond donors (Lipinski definition) is 3. The lowest BCUT2D eigenvalue weighted by molar-refractivity contribution is 0.313. The molecule has 1 aliphatic rings. The number of nitrogens with two attached hydrogens (primary N) is 2. The van der Waals surface area contributed by atoms with Gasteiger partial charge in [0.25, 0.3) is 0 Å². The first-order chi connectivity index (χ1) is 14.6. The average Bonchev–Trinajstić information content (AvgIpc) is 3.28. The highest BCUT2D eigenvalue weighted by atomic mass is 16.5. The summed E-state index contributed by atoms with van der Waals surface area (Å²) in [6.45, 7) is 2.11. The van der Waals surface area contributed by atoms with Crippen molar-refractivity contribution in [1.29, 1.82) is 0 Å². The summed E-state index contributed by atoms with van der Waals surface area (Å²) in [7, 11) is 1.61. The Balaban J connectivity index is 1.90. The Morgan fingerprint density at radius 3 is 2.60 bits per heavy atom. The molecule has 2 unspecified atom stereocenters. The SMILES string of the molecule is CCC(c1ccccc1)C1(c2ccc(-c3cnco3)c(OC)c2)N=C(N)N=C(N)N1. The van der Waals surface area contributed by atoms with E-state index in [1.165, 1.54) is 6.39 Å². The molecule has 0 amide bonds. The fraction of sp³-hybridized carbons (Fsp3) is 0.227. The van der Waals surface area contributed by atoms with Crippen molar-refractivity contribution in [3.63, 3.8) is 0 Å². The topological polar surface area (TPSA) is 124 Å². The van der Waals surface area contributed by atoms with Crippen molar-refractivity contribution in [1.82, 2.24) is 10.3 Å². The van der Waals surface area contributed by atoms with E-state index in [9.17, 15) is 0 Å². The molecule has 1 aliphatic heterocycles. The summed E-state index contributed by atoms with van der Waals surface area (Å²) in [6.07, 6.45) is 3.82. The van der Waals surface area contributed by atoms with E-state index in [2.05, 4.69) is 34.3 Å². The second kappa shape index (κ2) is 7.90. The number of aliphatic imine (C=N–C) groups is 2. The second-order valence-electron chi connectivity index (χ2n) is 7.01. The van der Waals surface area contributed by atoms with Crippen LogP contribution >= 0.6 is 0 Å². The Kier molecular flexibility index (Phi) is 5.14. The number of aromatic nitrogens is 1. The number of hydrogen-bond acceptors (Lipinski definition) is 8. The number of ether oxygens (including phenoxy) is 1. The van der Waals surface area contributed by atoms with Crippen LogP contribution in [0.1, 0.15) is 30.4 Å². The molecule has 4 rings (SSSR count). The van der Waals surface area contributed by atoms with Gasteiger partial charge >= 0.3 is 0 Å². The molecule has 5 N–H and O–H groups in total. The molecule has 2 heterocycles. The first kappa shape index (κ1) is 19.5. The van der Waals surface area contributed by atoms with Gasteiger partial charge in [-0.3, -0.25) is 0 Å². The zero-order chi connectivity index (χ0) is 21.1. The van der Waals surface area contributed by atoms with Crippen molar-refractivity contribution in [2.75, 3.05) is 7.11 Å². The number of methoxy groups -OCH3 is 1. The molecule has 8 nitrogen and oxygen atoms in total. The van der Waals surface area contributed by atoms with Gasteiger partial charge in [0.1, 0.15) is 5.75 Å². The monoisotopic (exact) mass is 404 g/mol. The normalized spacial score (nSPS) is 19.4. The Hall–Kier alpha value is -3.81. The molecule has 0 saturated heterocycles. The van der Waals surface area contributed by atoms with Gasteiger partial charge in [0.2, 0.25) is 5.96 Å². The molecule has 0 fully saturated rings. The predicted molar refractivity (Wildman–Crippen MR) is 116 cm³/mol. The van der Waals surface area contributed by atoms with Gasteiger partial charge < -0.3 is 25.9 Å². The molecule has 30 heavy (non-hydrogen) atoms. The Bertz CT molecular complexity index is 1080. The third kappa shape index (κ3) is 3.36. The lowest BCUT2D eigenvalue weighted by atomic mass is 9.79. The number of nitrogens with one attached hydrogen (secondary N) is 1. The molecule has 0 aliphatic carbocycles. The van der Waals surface area contributed by atoms with E-state index in [1.807, 2.05) is 36.4 Å². The Morgan fingerprint density at radius 2 is 1.97 bits per heavy atom. The number of nitrogens with zero attached hydrogens (tertiary/aromatic N) is 3. The van der Waals surface area contributed by atoms with Crippen molar-refractivity contribution in [3.05, 3.63) is 72.2 Å². The van der Waals surface area contributed by atoms with Crippen LogP contribution in [0.5, 0.6) is 5.75 Å². The zero-order valence-electron chi connectivity index (χ0n) is 16.9. The fourth-order valence-corrected chi connectivity index (χ4v) is 4.02. The molecule has 2 aromatic carbocycles. The van der Waals surface area contributed by atoms with Crippen LogP contribution in [0, 0.1) is 0 Å². The molecule has 154 valence electrons. The molecule has 0 spiro atoms. The Labute approximate surface area is 174 Å². The van der Waals surface area contributed by atoms with Crippen molar-refractivity contribution in [2.24, 2.45) is 21.5 Å². The van der Waals surface area contributed by atoms with Crippen molar-refractivity contribution in [2.45, 2.75) is 24.9 Å². The van der Waals surface area contributed by atoms with E-state index in [-0.39, 0.29) is 17.8 Å². The summed E-state index contributed by atoms with van der Waals surface area (Å²) < 4.78 is 11.1. The van der Waals surface area contributed by atoms with Crippen LogP contribution in [-0.4, -0.2) is 24.0 Å². The highest BCUT2D eigenvalue weighted by Crippen LogP contribution is 2.44. The number of guanidine groups is 2. The van der Waals surface area contributed by atoms with Gasteiger partial charge in [0.15, 0.2) is 23.8 Å². The Morgan fingerprint density at radius 1 is 1.17 bits per heavy atom. The highest BCUT2D eigenvalue weighted by Gasteiger charge is 2.43. The second-order valence-corrected chi connectivity index (χ2v) is 7.01. The van der Waals surface area contributed by atoms with Gasteiger partial charge in [-0.25, -0.2) is 9.98 Å². The molecule has 8 heteroatoms. The van der Waals surface area contributed by atoms with Gasteiger partial charge in [-0.2, -0.15) is 4.99 Å². The van der Waals surface area contributed by atoms with Gasteiger partial charge in [-0.1, -0.05) is 43.3 Å². The fourth-order valence-electron chi connectivity index (χ4n) is 4.02. The molecular formula is C22H24N6O2. The minimum atomic E-state index is -0.945. The summed E-state index contributed by atoms with van der Waals surface area (Å²) in [5, 5.41) is 3.30. The largest absolute Gasteiger partial charge is 0.496 e. The summed E-state index contributed by atoms with van der Waals surface area (Å²) in [4.78, 5) is 12.8.